The Balaban J connectivity index is 3.80. The quantitative estimate of drug-likeness (QED) is 0.286. The molecule has 0 aliphatic heterocycles. The lowest BCUT2D eigenvalue weighted by atomic mass is 9.85. The average Bonchev–Trinajstić information content (AvgIpc) is 2.59. The number of nitro groups is 1. The van der Waals surface area contributed by atoms with Crippen LogP contribution in [0.5, 0.6) is 5.75 Å². The molecule has 1 aromatic carbocycles. The molecule has 0 aromatic heterocycles. The first-order valence-electron chi connectivity index (χ1n) is 8.40. The molecular formula is C17H23F3N2O6S. The van der Waals surface area contributed by atoms with Gasteiger partial charge in [0.25, 0.3) is 0 Å². The van der Waals surface area contributed by atoms with Crippen molar-refractivity contribution < 1.29 is 36.9 Å². The van der Waals surface area contributed by atoms with Crippen LogP contribution in [0, 0.1) is 15.9 Å². The summed E-state index contributed by atoms with van der Waals surface area (Å²) in [5, 5.41) is 11.3. The molecule has 29 heavy (non-hydrogen) atoms. The Kier molecular flexibility index (Phi) is 7.55. The van der Waals surface area contributed by atoms with Gasteiger partial charge in [0.05, 0.1) is 18.6 Å². The lowest BCUT2D eigenvalue weighted by Crippen LogP contribution is -2.62. The smallest absolute Gasteiger partial charge is 0.379 e. The van der Waals surface area contributed by atoms with Crippen molar-refractivity contribution in [1.82, 2.24) is 4.72 Å². The van der Waals surface area contributed by atoms with Gasteiger partial charge in [-0.15, -0.1) is 4.72 Å². The molecule has 1 unspecified atom stereocenters. The number of esters is 1. The van der Waals surface area contributed by atoms with E-state index < -0.39 is 67.9 Å². The van der Waals surface area contributed by atoms with Gasteiger partial charge in [-0.2, -0.15) is 8.78 Å². The van der Waals surface area contributed by atoms with Gasteiger partial charge in [0.15, 0.2) is 11.3 Å². The van der Waals surface area contributed by atoms with Crippen molar-refractivity contribution in [3.8, 4) is 5.75 Å². The van der Waals surface area contributed by atoms with Crippen LogP contribution in [-0.2, 0) is 26.4 Å². The van der Waals surface area contributed by atoms with Crippen molar-refractivity contribution in [2.24, 2.45) is 0 Å². The summed E-state index contributed by atoms with van der Waals surface area (Å²) in [6.45, 7) is 6.02. The van der Waals surface area contributed by atoms with Crippen LogP contribution in [0.2, 0.25) is 0 Å². The Morgan fingerprint density at radius 3 is 2.24 bits per heavy atom. The number of hydrogen-bond acceptors (Lipinski definition) is 7. The minimum Gasteiger partial charge on any atom is -0.598 e. The highest BCUT2D eigenvalue weighted by Crippen LogP contribution is 2.44. The minimum atomic E-state index is -4.44. The standard InChI is InChI=1S/C17H23F3N2O6S/c1-7-28-14(23)17(19,20)16(5,21-29(26)15(2,3)4)10-8-12(22(24)25)13(27-6)9-11(10)18/h8-9,21H,7H2,1-6H3/t16?,29-/m1/s1. The summed E-state index contributed by atoms with van der Waals surface area (Å²) in [6.07, 6.45) is 0. The number of benzene rings is 1. The number of ether oxygens (including phenoxy) is 2. The van der Waals surface area contributed by atoms with E-state index >= 15 is 8.78 Å². The number of carbonyl (C=O) groups is 1. The summed E-state index contributed by atoms with van der Waals surface area (Å²) in [5.74, 6) is -8.26. The van der Waals surface area contributed by atoms with Crippen LogP contribution in [-0.4, -0.2) is 39.8 Å². The van der Waals surface area contributed by atoms with Crippen LogP contribution in [0.15, 0.2) is 12.1 Å². The monoisotopic (exact) mass is 440 g/mol. The number of nitro benzene ring substituents is 1. The molecule has 1 aromatic rings. The summed E-state index contributed by atoms with van der Waals surface area (Å²) in [6, 6.07) is 1.07. The highest BCUT2D eigenvalue weighted by atomic mass is 32.2. The summed E-state index contributed by atoms with van der Waals surface area (Å²) >= 11 is -2.21. The summed E-state index contributed by atoms with van der Waals surface area (Å²) in [5.41, 5.74) is -4.70. The van der Waals surface area contributed by atoms with Gasteiger partial charge in [-0.3, -0.25) is 10.1 Å². The van der Waals surface area contributed by atoms with E-state index in [4.69, 9.17) is 4.74 Å². The van der Waals surface area contributed by atoms with Crippen LogP contribution in [0.1, 0.15) is 40.2 Å². The Morgan fingerprint density at radius 1 is 1.28 bits per heavy atom. The second-order valence-electron chi connectivity index (χ2n) is 7.16. The van der Waals surface area contributed by atoms with E-state index in [-0.39, 0.29) is 0 Å². The van der Waals surface area contributed by atoms with E-state index in [9.17, 15) is 23.9 Å². The molecule has 8 nitrogen and oxygen atoms in total. The van der Waals surface area contributed by atoms with E-state index in [1.165, 1.54) is 27.7 Å². The molecule has 0 saturated carbocycles. The first kappa shape index (κ1) is 25.0. The topological polar surface area (TPSA) is 114 Å². The maximum Gasteiger partial charge on any atom is 0.379 e. The lowest BCUT2D eigenvalue weighted by Gasteiger charge is -2.38. The molecule has 1 N–H and O–H groups in total. The van der Waals surface area contributed by atoms with E-state index in [2.05, 4.69) is 9.46 Å². The fraction of sp³-hybridized carbons (Fsp3) is 0.588. The number of methoxy groups -OCH3 is 1. The summed E-state index contributed by atoms with van der Waals surface area (Å²) in [7, 11) is 1.04. The van der Waals surface area contributed by atoms with Gasteiger partial charge >= 0.3 is 17.6 Å². The largest absolute Gasteiger partial charge is 0.598 e. The molecule has 0 radical (unpaired) electrons. The third-order valence-electron chi connectivity index (χ3n) is 4.02. The predicted octanol–water partition coefficient (Wildman–Crippen LogP) is 3.21. The van der Waals surface area contributed by atoms with Crippen LogP contribution in [0.3, 0.4) is 0 Å². The normalized spacial score (nSPS) is 15.4. The minimum absolute atomic E-state index is 0.391. The number of alkyl halides is 2. The van der Waals surface area contributed by atoms with Crippen molar-refractivity contribution in [2.75, 3.05) is 13.7 Å². The molecule has 0 saturated heterocycles. The molecule has 164 valence electrons. The molecular weight excluding hydrogens is 417 g/mol. The van der Waals surface area contributed by atoms with Gasteiger partial charge in [-0.25, -0.2) is 9.18 Å². The van der Waals surface area contributed by atoms with Crippen molar-refractivity contribution in [1.29, 1.82) is 0 Å². The Bertz CT molecular complexity index is 787. The average molecular weight is 440 g/mol. The van der Waals surface area contributed by atoms with Gasteiger partial charge in [-0.05, 0) is 34.6 Å². The first-order valence-corrected chi connectivity index (χ1v) is 9.55. The molecule has 12 heteroatoms. The number of rotatable bonds is 8. The van der Waals surface area contributed by atoms with Crippen LogP contribution in [0.4, 0.5) is 18.9 Å². The zero-order valence-electron chi connectivity index (χ0n) is 16.8. The maximum atomic E-state index is 15.1. The molecule has 0 heterocycles. The number of nitrogens with zero attached hydrogens (tertiary/aromatic N) is 1. The van der Waals surface area contributed by atoms with Gasteiger partial charge in [0.1, 0.15) is 10.6 Å². The summed E-state index contributed by atoms with van der Waals surface area (Å²) < 4.78 is 67.8. The van der Waals surface area contributed by atoms with E-state index in [0.29, 0.717) is 12.1 Å². The second-order valence-corrected chi connectivity index (χ2v) is 9.13. The van der Waals surface area contributed by atoms with Gasteiger partial charge in [-0.1, -0.05) is 0 Å². The van der Waals surface area contributed by atoms with E-state index in [1.807, 2.05) is 0 Å². The number of nitrogens with one attached hydrogen (secondary N) is 1. The van der Waals surface area contributed by atoms with Crippen molar-refractivity contribution in [3.05, 3.63) is 33.6 Å². The fourth-order valence-electron chi connectivity index (χ4n) is 2.29. The van der Waals surface area contributed by atoms with Crippen LogP contribution < -0.4 is 9.46 Å². The molecule has 0 aliphatic rings. The number of halogens is 3. The lowest BCUT2D eigenvalue weighted by molar-refractivity contribution is -0.385. The number of carbonyl (C=O) groups excluding carboxylic acids is 1. The SMILES string of the molecule is CCOC(=O)C(F)(F)C(C)(N[S@+]([O-])C(C)(C)C)c1cc([N+](=O)[O-])c(OC)cc1F. The third kappa shape index (κ3) is 4.93. The Hall–Kier alpha value is -2.05. The van der Waals surface area contributed by atoms with Crippen molar-refractivity contribution >= 4 is 23.0 Å². The highest BCUT2D eigenvalue weighted by Gasteiger charge is 2.63. The zero-order valence-corrected chi connectivity index (χ0v) is 17.6. The molecule has 2 atom stereocenters. The molecule has 0 fully saturated rings. The highest BCUT2D eigenvalue weighted by molar-refractivity contribution is 7.90. The van der Waals surface area contributed by atoms with Crippen molar-refractivity contribution in [3.63, 3.8) is 0 Å². The molecule has 0 bridgehead atoms. The molecule has 0 spiro atoms. The predicted molar refractivity (Wildman–Crippen MR) is 99.6 cm³/mol. The molecule has 0 amide bonds. The van der Waals surface area contributed by atoms with Gasteiger partial charge in [0.2, 0.25) is 0 Å². The number of hydrogen-bond donors (Lipinski definition) is 1. The van der Waals surface area contributed by atoms with Crippen molar-refractivity contribution in [2.45, 2.75) is 50.8 Å². The Labute approximate surface area is 169 Å². The molecule has 0 aliphatic carbocycles. The Morgan fingerprint density at radius 2 is 1.83 bits per heavy atom. The first-order chi connectivity index (χ1) is 13.1. The zero-order chi connectivity index (χ0) is 22.8. The van der Waals surface area contributed by atoms with E-state index in [0.717, 1.165) is 14.0 Å². The fourth-order valence-corrected chi connectivity index (χ4v) is 3.20. The third-order valence-corrected chi connectivity index (χ3v) is 5.72. The van der Waals surface area contributed by atoms with Gasteiger partial charge < -0.3 is 14.0 Å². The van der Waals surface area contributed by atoms with E-state index in [1.54, 1.807) is 0 Å². The van der Waals surface area contributed by atoms with Crippen LogP contribution in [0.25, 0.3) is 0 Å². The summed E-state index contributed by atoms with van der Waals surface area (Å²) in [4.78, 5) is 22.3. The molecule has 1 rings (SSSR count). The maximum absolute atomic E-state index is 15.1. The second kappa shape index (κ2) is 8.76. The van der Waals surface area contributed by atoms with Crippen LogP contribution >= 0.6 is 0 Å². The van der Waals surface area contributed by atoms with Gasteiger partial charge in [0, 0.05) is 29.1 Å².